The Kier molecular flexibility index (Phi) is 12.3. The van der Waals surface area contributed by atoms with Gasteiger partial charge in [-0.15, -0.1) is 0 Å². The van der Waals surface area contributed by atoms with Crippen LogP contribution in [0.25, 0.3) is 0 Å². The van der Waals surface area contributed by atoms with Gasteiger partial charge in [0.2, 0.25) is 0 Å². The molecule has 0 radical (unpaired) electrons. The van der Waals surface area contributed by atoms with Gasteiger partial charge in [0.15, 0.2) is 12.5 Å². The summed E-state index contributed by atoms with van der Waals surface area (Å²) in [6.07, 6.45) is -15.4. The number of ether oxygens (including phenoxy) is 2. The molecule has 26 heteroatoms. The molecule has 11 atom stereocenters. The number of rotatable bonds is 9. The zero-order valence-corrected chi connectivity index (χ0v) is 22.7. The first-order valence-electron chi connectivity index (χ1n) is 10.8. The number of aromatic amines is 1. The molecule has 3 rings (SSSR count). The molecule has 2 fully saturated rings. The van der Waals surface area contributed by atoms with E-state index in [1.54, 1.807) is 0 Å². The van der Waals surface area contributed by atoms with Crippen molar-refractivity contribution in [2.75, 3.05) is 13.2 Å². The highest BCUT2D eigenvalue weighted by molar-refractivity contribution is 7.61. The van der Waals surface area contributed by atoms with Gasteiger partial charge in [-0.05, 0) is 0 Å². The molecule has 3 heterocycles. The minimum absolute atomic E-state index is 0.723. The van der Waals surface area contributed by atoms with E-state index >= 15 is 0 Å². The molecule has 0 aromatic carbocycles. The number of nitrogens with zero attached hydrogens (tertiary/aromatic N) is 1. The van der Waals surface area contributed by atoms with Gasteiger partial charge in [-0.1, -0.05) is 0 Å². The van der Waals surface area contributed by atoms with Crippen molar-refractivity contribution in [3.63, 3.8) is 0 Å². The Hall–Kier alpha value is -1.27. The van der Waals surface area contributed by atoms with Crippen LogP contribution in [0.4, 0.5) is 0 Å². The second kappa shape index (κ2) is 14.0. The van der Waals surface area contributed by atoms with Crippen molar-refractivity contribution in [3.8, 4) is 0 Å². The molecule has 23 nitrogen and oxygen atoms in total. The quantitative estimate of drug-likeness (QED) is 0.109. The Morgan fingerprint density at radius 1 is 0.829 bits per heavy atom. The number of aromatic nitrogens is 2. The number of aliphatic hydroxyl groups excluding tert-OH is 6. The highest BCUT2D eigenvalue weighted by Crippen LogP contribution is 2.61. The fourth-order valence-corrected chi connectivity index (χ4v) is 5.51. The predicted molar refractivity (Wildman–Crippen MR) is 123 cm³/mol. The van der Waals surface area contributed by atoms with Crippen molar-refractivity contribution >= 4 is 23.5 Å². The number of phosphoric acid groups is 3. The average molecular weight is 664 g/mol. The molecule has 41 heavy (non-hydrogen) atoms. The van der Waals surface area contributed by atoms with Gasteiger partial charge in [0, 0.05) is 12.3 Å². The van der Waals surface area contributed by atoms with Gasteiger partial charge in [0.05, 0.1) is 13.2 Å². The molecule has 2 unspecified atom stereocenters. The van der Waals surface area contributed by atoms with E-state index in [0.717, 1.165) is 16.8 Å². The van der Waals surface area contributed by atoms with E-state index in [1.165, 1.54) is 0 Å². The van der Waals surface area contributed by atoms with Crippen LogP contribution in [0, 0.1) is 0 Å². The second-order valence-electron chi connectivity index (χ2n) is 8.19. The number of nitrogens with one attached hydrogen (secondary N) is 1. The summed E-state index contributed by atoms with van der Waals surface area (Å²) >= 11 is 0. The molecule has 0 spiro atoms. The van der Waals surface area contributed by atoms with E-state index in [2.05, 4.69) is 13.4 Å². The van der Waals surface area contributed by atoms with Crippen molar-refractivity contribution in [1.29, 1.82) is 0 Å². The molecule has 2 saturated heterocycles. The van der Waals surface area contributed by atoms with Crippen LogP contribution in [0.5, 0.6) is 0 Å². The third kappa shape index (κ3) is 10.4. The third-order valence-electron chi connectivity index (χ3n) is 5.16. The van der Waals surface area contributed by atoms with Crippen LogP contribution in [-0.4, -0.2) is 127 Å². The Bertz CT molecular complexity index is 1270. The van der Waals surface area contributed by atoms with Crippen LogP contribution in [0.1, 0.15) is 6.23 Å². The van der Waals surface area contributed by atoms with Gasteiger partial charge in [0.25, 0.3) is 5.56 Å². The van der Waals surface area contributed by atoms with E-state index in [0.29, 0.717) is 0 Å². The van der Waals surface area contributed by atoms with E-state index in [1.807, 2.05) is 4.98 Å². The van der Waals surface area contributed by atoms with Crippen LogP contribution >= 0.6 is 23.5 Å². The largest absolute Gasteiger partial charge is 0.483 e. The molecule has 1 aromatic heterocycles. The van der Waals surface area contributed by atoms with Gasteiger partial charge in [-0.3, -0.25) is 23.4 Å². The molecule has 0 aliphatic carbocycles. The summed E-state index contributed by atoms with van der Waals surface area (Å²) in [7, 11) is -15.7. The molecule has 0 bridgehead atoms. The van der Waals surface area contributed by atoms with Gasteiger partial charge in [0.1, 0.15) is 42.7 Å². The lowest BCUT2D eigenvalue weighted by Crippen LogP contribution is -2.58. The molecular weight excluding hydrogens is 637 g/mol. The van der Waals surface area contributed by atoms with Gasteiger partial charge >= 0.3 is 29.2 Å². The van der Waals surface area contributed by atoms with Gasteiger partial charge in [-0.2, -0.15) is 4.31 Å². The summed E-state index contributed by atoms with van der Waals surface area (Å²) < 4.78 is 57.0. The molecular formula is C15H27N2O21P3. The fraction of sp³-hybridized carbons (Fsp3) is 0.733. The SMILES string of the molecule is O=P(O)(O)O.O=c1ccn([C@@H]2O[C@H](COP(=O)(O)OP(=O)(O)O[C@H]3O[C@H](CO)[C@@H](O)[C@H](O)[C@H]3O)[C@@H](O)[C@H]2O)c(=O)[nH]1. The van der Waals surface area contributed by atoms with E-state index in [4.69, 9.17) is 33.8 Å². The minimum Gasteiger partial charge on any atom is -0.394 e. The second-order valence-corrected chi connectivity index (χ2v) is 12.2. The molecule has 0 saturated carbocycles. The molecule has 0 amide bonds. The maximum Gasteiger partial charge on any atom is 0.483 e. The molecule has 2 aliphatic rings. The van der Waals surface area contributed by atoms with Crippen LogP contribution in [-0.2, 0) is 36.5 Å². The number of H-pyrrole nitrogens is 1. The summed E-state index contributed by atoms with van der Waals surface area (Å²) in [4.78, 5) is 66.1. The first-order valence-corrected chi connectivity index (χ1v) is 15.3. The summed E-state index contributed by atoms with van der Waals surface area (Å²) in [5.41, 5.74) is -1.75. The number of phosphoric ester groups is 2. The summed E-state index contributed by atoms with van der Waals surface area (Å²) in [6.45, 7) is -1.93. The fourth-order valence-electron chi connectivity index (χ4n) is 3.35. The lowest BCUT2D eigenvalue weighted by molar-refractivity contribution is -0.280. The summed E-state index contributed by atoms with van der Waals surface area (Å²) in [5, 5.41) is 58.6. The Morgan fingerprint density at radius 2 is 1.39 bits per heavy atom. The van der Waals surface area contributed by atoms with Crippen LogP contribution in [0.15, 0.2) is 21.9 Å². The molecule has 238 valence electrons. The summed E-state index contributed by atoms with van der Waals surface area (Å²) in [5.74, 6) is 0. The maximum atomic E-state index is 12.2. The van der Waals surface area contributed by atoms with Crippen molar-refractivity contribution in [1.82, 2.24) is 9.55 Å². The Morgan fingerprint density at radius 3 is 1.93 bits per heavy atom. The topological polar surface area (TPSA) is 375 Å². The smallest absolute Gasteiger partial charge is 0.394 e. The average Bonchev–Trinajstić information content (AvgIpc) is 3.10. The zero-order chi connectivity index (χ0) is 31.5. The lowest BCUT2D eigenvalue weighted by Gasteiger charge is -2.39. The van der Waals surface area contributed by atoms with Crippen LogP contribution in [0.3, 0.4) is 0 Å². The van der Waals surface area contributed by atoms with Crippen molar-refractivity contribution in [2.24, 2.45) is 0 Å². The number of hydrogen-bond donors (Lipinski definition) is 12. The number of aliphatic hydroxyl groups is 6. The first kappa shape index (κ1) is 35.9. The molecule has 12 N–H and O–H groups in total. The van der Waals surface area contributed by atoms with Crippen molar-refractivity contribution in [2.45, 2.75) is 55.2 Å². The predicted octanol–water partition coefficient (Wildman–Crippen LogP) is -5.72. The monoisotopic (exact) mass is 664 g/mol. The Balaban J connectivity index is 0.00000108. The van der Waals surface area contributed by atoms with E-state index < -0.39 is 103 Å². The first-order chi connectivity index (χ1) is 18.7. The van der Waals surface area contributed by atoms with E-state index in [9.17, 15) is 54.0 Å². The van der Waals surface area contributed by atoms with Crippen molar-refractivity contribution < 1.29 is 91.6 Å². The van der Waals surface area contributed by atoms with Gasteiger partial charge < -0.3 is 64.6 Å². The molecule has 1 aromatic rings. The normalized spacial score (nSPS) is 35.1. The van der Waals surface area contributed by atoms with E-state index in [-0.39, 0.29) is 0 Å². The minimum atomic E-state index is -5.59. The Labute approximate surface area is 226 Å². The standard InChI is InChI=1S/C15H24N2O17P2.H3O4P/c18-3-5-8(20)10(22)12(24)14(32-5)33-36(28,29)34-35(26,27)30-4-6-9(21)11(23)13(31-6)17-2-1-7(19)16-15(17)25;1-5(2,3)4/h1-2,5-6,8-14,18,20-24H,3-4H2,(H,26,27)(H,28,29)(H,16,19,25);(H3,1,2,3,4)/t5-,6-,8-,9-,10+,11-,12-,13-,14-;/m1./s1. The third-order valence-corrected chi connectivity index (χ3v) is 7.76. The van der Waals surface area contributed by atoms with Crippen molar-refractivity contribution in [3.05, 3.63) is 33.1 Å². The van der Waals surface area contributed by atoms with Crippen LogP contribution in [0.2, 0.25) is 0 Å². The zero-order valence-electron chi connectivity index (χ0n) is 20.1. The highest BCUT2D eigenvalue weighted by atomic mass is 31.3. The number of hydrogen-bond acceptors (Lipinski definition) is 16. The highest BCUT2D eigenvalue weighted by Gasteiger charge is 2.49. The molecule has 2 aliphatic heterocycles. The maximum absolute atomic E-state index is 12.2. The lowest BCUT2D eigenvalue weighted by atomic mass is 10.00. The van der Waals surface area contributed by atoms with Crippen LogP contribution < -0.4 is 11.2 Å². The summed E-state index contributed by atoms with van der Waals surface area (Å²) in [6, 6.07) is 0.928. The van der Waals surface area contributed by atoms with Gasteiger partial charge in [-0.25, -0.2) is 18.5 Å².